The Labute approximate surface area is 200 Å². The zero-order valence-electron chi connectivity index (χ0n) is 18.8. The Morgan fingerprint density at radius 2 is 1.88 bits per heavy atom. The molecule has 34 heavy (non-hydrogen) atoms. The number of fused-ring (bicyclic) bond motifs is 1. The minimum absolute atomic E-state index is 0.0166. The molecule has 0 bridgehead atoms. The first-order valence-corrected chi connectivity index (χ1v) is 11.8. The second kappa shape index (κ2) is 9.64. The number of methoxy groups -OCH3 is 2. The highest BCUT2D eigenvalue weighted by Crippen LogP contribution is 2.41. The van der Waals surface area contributed by atoms with Gasteiger partial charge in [0.15, 0.2) is 17.3 Å². The maximum absolute atomic E-state index is 13.4. The van der Waals surface area contributed by atoms with Gasteiger partial charge in [-0.05, 0) is 47.4 Å². The van der Waals surface area contributed by atoms with E-state index in [1.165, 1.54) is 11.8 Å². The van der Waals surface area contributed by atoms with Crippen molar-refractivity contribution in [3.63, 3.8) is 0 Å². The number of benzene rings is 2. The van der Waals surface area contributed by atoms with Crippen LogP contribution in [0.2, 0.25) is 0 Å². The molecule has 0 N–H and O–H groups in total. The first-order chi connectivity index (χ1) is 16.7. The molecule has 8 nitrogen and oxygen atoms in total. The lowest BCUT2D eigenvalue weighted by molar-refractivity contribution is -0.130. The lowest BCUT2D eigenvalue weighted by Crippen LogP contribution is -2.41. The summed E-state index contributed by atoms with van der Waals surface area (Å²) in [5, 5.41) is 8.34. The van der Waals surface area contributed by atoms with Crippen LogP contribution in [0.1, 0.15) is 22.7 Å². The average molecular weight is 478 g/mol. The van der Waals surface area contributed by atoms with Gasteiger partial charge in [0.25, 0.3) is 11.1 Å². The standard InChI is InChI=1S/C25H23N3O5S/c1-30-20-13-17-10-11-28(23(16-7-4-3-5-8-16)18(17)14-21(20)31-2)22(29)15-34-25-27-26-24(33-25)19-9-6-12-32-19/h3-9,12-14,23H,10-11,15H2,1-2H3. The van der Waals surface area contributed by atoms with E-state index in [1.54, 1.807) is 32.6 Å². The molecule has 1 aliphatic rings. The molecule has 0 saturated carbocycles. The molecule has 3 heterocycles. The van der Waals surface area contributed by atoms with E-state index in [0.29, 0.717) is 29.0 Å². The summed E-state index contributed by atoms with van der Waals surface area (Å²) in [5.41, 5.74) is 3.21. The van der Waals surface area contributed by atoms with E-state index < -0.39 is 0 Å². The highest BCUT2D eigenvalue weighted by molar-refractivity contribution is 7.99. The van der Waals surface area contributed by atoms with Crippen LogP contribution >= 0.6 is 11.8 Å². The van der Waals surface area contributed by atoms with Gasteiger partial charge >= 0.3 is 0 Å². The van der Waals surface area contributed by atoms with Gasteiger partial charge in [0.2, 0.25) is 5.91 Å². The van der Waals surface area contributed by atoms with Crippen LogP contribution in [-0.4, -0.2) is 47.5 Å². The van der Waals surface area contributed by atoms with Crippen LogP contribution in [0.3, 0.4) is 0 Å². The van der Waals surface area contributed by atoms with E-state index >= 15 is 0 Å². The van der Waals surface area contributed by atoms with E-state index in [4.69, 9.17) is 18.3 Å². The molecule has 174 valence electrons. The summed E-state index contributed by atoms with van der Waals surface area (Å²) in [6, 6.07) is 17.3. The Kier molecular flexibility index (Phi) is 6.27. The van der Waals surface area contributed by atoms with Gasteiger partial charge in [-0.2, -0.15) is 0 Å². The van der Waals surface area contributed by atoms with E-state index in [9.17, 15) is 4.79 Å². The van der Waals surface area contributed by atoms with Crippen LogP contribution in [0.25, 0.3) is 11.7 Å². The number of carbonyl (C=O) groups is 1. The number of aromatic nitrogens is 2. The molecule has 2 aromatic heterocycles. The summed E-state index contributed by atoms with van der Waals surface area (Å²) in [5.74, 6) is 2.26. The predicted octanol–water partition coefficient (Wildman–Crippen LogP) is 4.61. The third kappa shape index (κ3) is 4.26. The number of nitrogens with zero attached hydrogens (tertiary/aromatic N) is 3. The molecule has 1 aliphatic heterocycles. The zero-order valence-corrected chi connectivity index (χ0v) is 19.6. The van der Waals surface area contributed by atoms with Crippen LogP contribution in [0.4, 0.5) is 0 Å². The fourth-order valence-corrected chi connectivity index (χ4v) is 4.83. The van der Waals surface area contributed by atoms with Crippen LogP contribution in [-0.2, 0) is 11.2 Å². The predicted molar refractivity (Wildman–Crippen MR) is 126 cm³/mol. The zero-order chi connectivity index (χ0) is 23.5. The molecule has 0 saturated heterocycles. The average Bonchev–Trinajstić information content (AvgIpc) is 3.58. The monoisotopic (exact) mass is 477 g/mol. The number of furan rings is 1. The molecule has 1 unspecified atom stereocenters. The molecular formula is C25H23N3O5S. The molecule has 0 aliphatic carbocycles. The topological polar surface area (TPSA) is 90.8 Å². The number of hydrogen-bond acceptors (Lipinski definition) is 8. The second-order valence-electron chi connectivity index (χ2n) is 7.70. The SMILES string of the molecule is COc1cc2c(cc1OC)C(c1ccccc1)N(C(=O)CSc1nnc(-c3ccco3)o1)CC2. The van der Waals surface area contributed by atoms with Gasteiger partial charge in [-0.3, -0.25) is 4.79 Å². The lowest BCUT2D eigenvalue weighted by Gasteiger charge is -2.38. The van der Waals surface area contributed by atoms with Crippen molar-refractivity contribution in [2.45, 2.75) is 17.7 Å². The molecule has 0 spiro atoms. The number of hydrogen-bond donors (Lipinski definition) is 0. The van der Waals surface area contributed by atoms with E-state index in [2.05, 4.69) is 10.2 Å². The normalized spacial score (nSPS) is 15.1. The molecule has 1 amide bonds. The van der Waals surface area contributed by atoms with Gasteiger partial charge in [-0.15, -0.1) is 10.2 Å². The number of carbonyl (C=O) groups excluding carboxylic acids is 1. The number of ether oxygens (including phenoxy) is 2. The van der Waals surface area contributed by atoms with E-state index in [0.717, 1.165) is 23.1 Å². The van der Waals surface area contributed by atoms with Gasteiger partial charge in [0.1, 0.15) is 0 Å². The Balaban J connectivity index is 1.41. The van der Waals surface area contributed by atoms with Gasteiger partial charge in [0.05, 0.1) is 32.3 Å². The molecule has 0 fully saturated rings. The van der Waals surface area contributed by atoms with E-state index in [1.807, 2.05) is 47.4 Å². The van der Waals surface area contributed by atoms with Crippen LogP contribution in [0.5, 0.6) is 11.5 Å². The van der Waals surface area contributed by atoms with E-state index in [-0.39, 0.29) is 23.6 Å². The summed E-state index contributed by atoms with van der Waals surface area (Å²) in [6.45, 7) is 0.586. The Morgan fingerprint density at radius 1 is 1.09 bits per heavy atom. The number of rotatable bonds is 7. The highest BCUT2D eigenvalue weighted by atomic mass is 32.2. The van der Waals surface area contributed by atoms with Crippen molar-refractivity contribution in [2.75, 3.05) is 26.5 Å². The maximum atomic E-state index is 13.4. The first-order valence-electron chi connectivity index (χ1n) is 10.8. The van der Waals surface area contributed by atoms with Crippen molar-refractivity contribution in [3.05, 3.63) is 77.6 Å². The summed E-state index contributed by atoms with van der Waals surface area (Å²) in [4.78, 5) is 15.3. The van der Waals surface area contributed by atoms with Crippen molar-refractivity contribution in [1.82, 2.24) is 15.1 Å². The summed E-state index contributed by atoms with van der Waals surface area (Å²) < 4.78 is 22.0. The van der Waals surface area contributed by atoms with Gasteiger partial charge < -0.3 is 23.2 Å². The van der Waals surface area contributed by atoms with Crippen molar-refractivity contribution >= 4 is 17.7 Å². The molecule has 2 aromatic carbocycles. The van der Waals surface area contributed by atoms with Crippen molar-refractivity contribution in [2.24, 2.45) is 0 Å². The van der Waals surface area contributed by atoms with Gasteiger partial charge in [-0.25, -0.2) is 0 Å². The minimum atomic E-state index is -0.237. The Morgan fingerprint density at radius 3 is 2.62 bits per heavy atom. The fourth-order valence-electron chi connectivity index (χ4n) is 4.18. The molecule has 9 heteroatoms. The molecule has 1 atom stereocenters. The van der Waals surface area contributed by atoms with Crippen LogP contribution in [0.15, 0.2) is 74.9 Å². The molecule has 5 rings (SSSR count). The fraction of sp³-hybridized carbons (Fsp3) is 0.240. The molecular weight excluding hydrogens is 454 g/mol. The molecule has 4 aromatic rings. The summed E-state index contributed by atoms with van der Waals surface area (Å²) in [7, 11) is 3.25. The van der Waals surface area contributed by atoms with Crippen LogP contribution in [0, 0.1) is 0 Å². The summed E-state index contributed by atoms with van der Waals surface area (Å²) in [6.07, 6.45) is 2.26. The van der Waals surface area contributed by atoms with Gasteiger partial charge in [0, 0.05) is 6.54 Å². The minimum Gasteiger partial charge on any atom is -0.493 e. The van der Waals surface area contributed by atoms with Gasteiger partial charge in [-0.1, -0.05) is 42.1 Å². The maximum Gasteiger partial charge on any atom is 0.284 e. The smallest absolute Gasteiger partial charge is 0.284 e. The number of amides is 1. The Bertz CT molecular complexity index is 1270. The highest BCUT2D eigenvalue weighted by Gasteiger charge is 2.33. The first kappa shape index (κ1) is 22.1. The lowest BCUT2D eigenvalue weighted by atomic mass is 9.87. The largest absolute Gasteiger partial charge is 0.493 e. The molecule has 0 radical (unpaired) electrons. The quantitative estimate of drug-likeness (QED) is 0.356. The van der Waals surface area contributed by atoms with Crippen molar-refractivity contribution < 1.29 is 23.1 Å². The Hall–Kier alpha value is -3.72. The van der Waals surface area contributed by atoms with Crippen molar-refractivity contribution in [1.29, 1.82) is 0 Å². The van der Waals surface area contributed by atoms with Crippen molar-refractivity contribution in [3.8, 4) is 23.1 Å². The van der Waals surface area contributed by atoms with Crippen LogP contribution < -0.4 is 9.47 Å². The number of thioether (sulfide) groups is 1. The second-order valence-corrected chi connectivity index (χ2v) is 8.62. The summed E-state index contributed by atoms with van der Waals surface area (Å²) >= 11 is 1.21. The third-order valence-corrected chi connectivity index (χ3v) is 6.57. The third-order valence-electron chi connectivity index (χ3n) is 5.77.